The van der Waals surface area contributed by atoms with E-state index in [-0.39, 0.29) is 11.3 Å². The van der Waals surface area contributed by atoms with E-state index < -0.39 is 0 Å². The van der Waals surface area contributed by atoms with Gasteiger partial charge in [-0.15, -0.1) is 0 Å². The molecule has 2 aliphatic rings. The van der Waals surface area contributed by atoms with Crippen molar-refractivity contribution in [2.24, 2.45) is 12.5 Å². The van der Waals surface area contributed by atoms with E-state index >= 15 is 0 Å². The molecule has 0 bridgehead atoms. The van der Waals surface area contributed by atoms with Gasteiger partial charge >= 0.3 is 0 Å². The van der Waals surface area contributed by atoms with Gasteiger partial charge in [0.25, 0.3) is 5.91 Å². The van der Waals surface area contributed by atoms with Gasteiger partial charge in [0, 0.05) is 31.7 Å². The van der Waals surface area contributed by atoms with Gasteiger partial charge < -0.3 is 14.8 Å². The second kappa shape index (κ2) is 6.26. The predicted octanol–water partition coefficient (Wildman–Crippen LogP) is 1.91. The van der Waals surface area contributed by atoms with Crippen molar-refractivity contribution in [3.05, 3.63) is 47.8 Å². The number of amides is 1. The average molecular weight is 339 g/mol. The summed E-state index contributed by atoms with van der Waals surface area (Å²) >= 11 is 0. The van der Waals surface area contributed by atoms with Crippen molar-refractivity contribution in [2.45, 2.75) is 38.8 Å². The van der Waals surface area contributed by atoms with Crippen molar-refractivity contribution in [1.82, 2.24) is 24.8 Å². The number of piperidine rings is 1. The van der Waals surface area contributed by atoms with E-state index in [1.165, 1.54) is 0 Å². The summed E-state index contributed by atoms with van der Waals surface area (Å²) in [6.07, 6.45) is 8.80. The second-order valence-electron chi connectivity index (χ2n) is 7.39. The SMILES string of the molecule is Cc1cccnc1C(=O)N(Cc1nccn1C)[C@@H]1CC12CCNCC2. The van der Waals surface area contributed by atoms with Crippen molar-refractivity contribution >= 4 is 5.91 Å². The molecule has 132 valence electrons. The summed E-state index contributed by atoms with van der Waals surface area (Å²) in [7, 11) is 1.98. The van der Waals surface area contributed by atoms with E-state index in [9.17, 15) is 4.79 Å². The smallest absolute Gasteiger partial charge is 0.273 e. The van der Waals surface area contributed by atoms with Gasteiger partial charge in [-0.1, -0.05) is 6.07 Å². The zero-order chi connectivity index (χ0) is 17.4. The van der Waals surface area contributed by atoms with E-state index in [2.05, 4.69) is 15.3 Å². The third-order valence-electron chi connectivity index (χ3n) is 5.83. The molecule has 2 fully saturated rings. The average Bonchev–Trinajstić information content (AvgIpc) is 3.13. The summed E-state index contributed by atoms with van der Waals surface area (Å²) in [4.78, 5) is 24.1. The third kappa shape index (κ3) is 2.95. The summed E-state index contributed by atoms with van der Waals surface area (Å²) in [5.74, 6) is 0.944. The summed E-state index contributed by atoms with van der Waals surface area (Å²) in [6, 6.07) is 4.12. The number of carbonyl (C=O) groups excluding carboxylic acids is 1. The number of hydrogen-bond acceptors (Lipinski definition) is 4. The fourth-order valence-corrected chi connectivity index (χ4v) is 4.10. The molecule has 2 aromatic heterocycles. The van der Waals surface area contributed by atoms with Crippen LogP contribution < -0.4 is 5.32 Å². The van der Waals surface area contributed by atoms with Crippen LogP contribution in [0.5, 0.6) is 0 Å². The van der Waals surface area contributed by atoms with Crippen LogP contribution in [0.15, 0.2) is 30.7 Å². The molecule has 1 spiro atoms. The first-order valence-corrected chi connectivity index (χ1v) is 9.00. The zero-order valence-corrected chi connectivity index (χ0v) is 14.9. The molecule has 3 heterocycles. The van der Waals surface area contributed by atoms with E-state index in [1.54, 1.807) is 12.4 Å². The Bertz CT molecular complexity index is 778. The van der Waals surface area contributed by atoms with Crippen LogP contribution in [0.2, 0.25) is 0 Å². The Morgan fingerprint density at radius 2 is 2.16 bits per heavy atom. The molecule has 0 aromatic carbocycles. The van der Waals surface area contributed by atoms with Crippen LogP contribution >= 0.6 is 0 Å². The number of carbonyl (C=O) groups is 1. The van der Waals surface area contributed by atoms with Gasteiger partial charge in [-0.25, -0.2) is 4.98 Å². The lowest BCUT2D eigenvalue weighted by Crippen LogP contribution is -2.40. The molecule has 4 rings (SSSR count). The van der Waals surface area contributed by atoms with Crippen LogP contribution in [-0.4, -0.2) is 44.5 Å². The Morgan fingerprint density at radius 1 is 1.36 bits per heavy atom. The van der Waals surface area contributed by atoms with Crippen molar-refractivity contribution in [3.8, 4) is 0 Å². The molecule has 1 aliphatic carbocycles. The Kier molecular flexibility index (Phi) is 4.07. The lowest BCUT2D eigenvalue weighted by Gasteiger charge is -2.29. The van der Waals surface area contributed by atoms with Crippen LogP contribution in [0.3, 0.4) is 0 Å². The van der Waals surface area contributed by atoms with Crippen LogP contribution in [-0.2, 0) is 13.6 Å². The lowest BCUT2D eigenvalue weighted by atomic mass is 9.93. The molecule has 1 atom stereocenters. The summed E-state index contributed by atoms with van der Waals surface area (Å²) in [5, 5.41) is 3.43. The number of rotatable bonds is 4. The summed E-state index contributed by atoms with van der Waals surface area (Å²) in [5.41, 5.74) is 1.78. The highest BCUT2D eigenvalue weighted by Crippen LogP contribution is 2.56. The van der Waals surface area contributed by atoms with Crippen LogP contribution in [0.4, 0.5) is 0 Å². The monoisotopic (exact) mass is 339 g/mol. The molecular weight excluding hydrogens is 314 g/mol. The van der Waals surface area contributed by atoms with Crippen LogP contribution in [0.1, 0.15) is 41.1 Å². The number of imidazole rings is 1. The Balaban J connectivity index is 1.63. The Labute approximate surface area is 148 Å². The van der Waals surface area contributed by atoms with E-state index in [4.69, 9.17) is 0 Å². The molecule has 1 saturated carbocycles. The van der Waals surface area contributed by atoms with E-state index in [0.29, 0.717) is 18.3 Å². The molecule has 2 aromatic rings. The maximum absolute atomic E-state index is 13.3. The number of hydrogen-bond donors (Lipinski definition) is 1. The van der Waals surface area contributed by atoms with E-state index in [1.807, 2.05) is 41.8 Å². The first-order chi connectivity index (χ1) is 12.1. The molecule has 25 heavy (non-hydrogen) atoms. The molecule has 1 saturated heterocycles. The Morgan fingerprint density at radius 3 is 2.84 bits per heavy atom. The number of aryl methyl sites for hydroxylation is 2. The molecule has 6 nitrogen and oxygen atoms in total. The first-order valence-electron chi connectivity index (χ1n) is 9.00. The highest BCUT2D eigenvalue weighted by atomic mass is 16.2. The van der Waals surface area contributed by atoms with Crippen LogP contribution in [0, 0.1) is 12.3 Å². The fraction of sp³-hybridized carbons (Fsp3) is 0.526. The van der Waals surface area contributed by atoms with Gasteiger partial charge in [0.15, 0.2) is 0 Å². The Hall–Kier alpha value is -2.21. The van der Waals surface area contributed by atoms with Crippen LogP contribution in [0.25, 0.3) is 0 Å². The largest absolute Gasteiger partial charge is 0.337 e. The number of aromatic nitrogens is 3. The number of nitrogens with zero attached hydrogens (tertiary/aromatic N) is 4. The molecule has 0 unspecified atom stereocenters. The minimum atomic E-state index is 0.0292. The lowest BCUT2D eigenvalue weighted by molar-refractivity contribution is 0.0678. The number of pyridine rings is 1. The third-order valence-corrected chi connectivity index (χ3v) is 5.83. The van der Waals surface area contributed by atoms with Gasteiger partial charge in [-0.05, 0) is 56.3 Å². The van der Waals surface area contributed by atoms with Gasteiger partial charge in [0.1, 0.15) is 11.5 Å². The molecule has 6 heteroatoms. The van der Waals surface area contributed by atoms with Gasteiger partial charge in [-0.3, -0.25) is 9.78 Å². The highest BCUT2D eigenvalue weighted by molar-refractivity contribution is 5.94. The summed E-state index contributed by atoms with van der Waals surface area (Å²) < 4.78 is 1.99. The summed E-state index contributed by atoms with van der Waals surface area (Å²) in [6.45, 7) is 4.58. The molecule has 1 aliphatic heterocycles. The first kappa shape index (κ1) is 16.3. The minimum absolute atomic E-state index is 0.0292. The normalized spacial score (nSPS) is 21.3. The second-order valence-corrected chi connectivity index (χ2v) is 7.39. The molecule has 1 amide bonds. The van der Waals surface area contributed by atoms with Crippen molar-refractivity contribution in [3.63, 3.8) is 0 Å². The minimum Gasteiger partial charge on any atom is -0.337 e. The molecule has 1 N–H and O–H groups in total. The number of nitrogens with one attached hydrogen (secondary N) is 1. The quantitative estimate of drug-likeness (QED) is 0.924. The van der Waals surface area contributed by atoms with Gasteiger partial charge in [-0.2, -0.15) is 0 Å². The fourth-order valence-electron chi connectivity index (χ4n) is 4.10. The molecular formula is C19H25N5O. The standard InChI is InChI=1S/C19H25N5O/c1-14-4-3-7-22-17(14)18(25)24(13-16-21-10-11-23(16)2)15-12-19(15)5-8-20-9-6-19/h3-4,7,10-11,15,20H,5-6,8-9,12-13H2,1-2H3/t15-/m1/s1. The van der Waals surface area contributed by atoms with Crippen molar-refractivity contribution in [2.75, 3.05) is 13.1 Å². The zero-order valence-electron chi connectivity index (χ0n) is 14.9. The maximum atomic E-state index is 13.3. The van der Waals surface area contributed by atoms with Gasteiger partial charge in [0.2, 0.25) is 0 Å². The van der Waals surface area contributed by atoms with Crippen molar-refractivity contribution in [1.29, 1.82) is 0 Å². The van der Waals surface area contributed by atoms with Gasteiger partial charge in [0.05, 0.1) is 6.54 Å². The maximum Gasteiger partial charge on any atom is 0.273 e. The van der Waals surface area contributed by atoms with E-state index in [0.717, 1.165) is 43.7 Å². The molecule has 0 radical (unpaired) electrons. The highest BCUT2D eigenvalue weighted by Gasteiger charge is 2.58. The topological polar surface area (TPSA) is 63.1 Å². The van der Waals surface area contributed by atoms with Crippen molar-refractivity contribution < 1.29 is 4.79 Å². The predicted molar refractivity (Wildman–Crippen MR) is 95.0 cm³/mol.